The molecule has 1 aromatic rings. The molecule has 0 unspecified atom stereocenters. The molecule has 4 heteroatoms. The van der Waals surface area contributed by atoms with Gasteiger partial charge in [-0.1, -0.05) is 26.0 Å². The Morgan fingerprint density at radius 1 is 1.00 bits per heavy atom. The molecule has 0 atom stereocenters. The second-order valence-electron chi connectivity index (χ2n) is 3.56. The van der Waals surface area contributed by atoms with E-state index in [0.29, 0.717) is 12.1 Å². The number of nitrogens with one attached hydrogen (secondary N) is 2. The monoisotopic (exact) mass is 234 g/mol. The number of para-hydroxylation sites is 2. The average Bonchev–Trinajstić information content (AvgIpc) is 2.46. The lowest BCUT2D eigenvalue weighted by molar-refractivity contribution is 0.581. The van der Waals surface area contributed by atoms with Crippen LogP contribution in [0, 0.1) is 5.92 Å². The summed E-state index contributed by atoms with van der Waals surface area (Å²) in [7, 11) is 0. The Bertz CT molecular complexity index is 264. The Kier molecular flexibility index (Phi) is 5.09. The molecule has 1 aliphatic rings. The van der Waals surface area contributed by atoms with Crippen molar-refractivity contribution < 1.29 is 0 Å². The van der Waals surface area contributed by atoms with Gasteiger partial charge in [0.05, 0.1) is 17.5 Å². The summed E-state index contributed by atoms with van der Waals surface area (Å²) < 4.78 is 0. The molecule has 2 nitrogen and oxygen atoms in total. The van der Waals surface area contributed by atoms with Crippen LogP contribution in [0.15, 0.2) is 24.3 Å². The fourth-order valence-electron chi connectivity index (χ4n) is 1.44. The third kappa shape index (κ3) is 2.46. The minimum Gasteiger partial charge on any atom is -0.363 e. The van der Waals surface area contributed by atoms with Gasteiger partial charge in [-0.05, 0) is 18.1 Å². The van der Waals surface area contributed by atoms with E-state index in [1.165, 1.54) is 11.4 Å². The molecule has 2 rings (SSSR count). The van der Waals surface area contributed by atoms with E-state index < -0.39 is 0 Å². The predicted octanol–water partition coefficient (Wildman–Crippen LogP) is 3.35. The van der Waals surface area contributed by atoms with Crippen molar-refractivity contribution in [3.63, 3.8) is 0 Å². The van der Waals surface area contributed by atoms with E-state index in [2.05, 4.69) is 48.7 Å². The summed E-state index contributed by atoms with van der Waals surface area (Å²) in [6.07, 6.45) is 0.391. The minimum absolute atomic E-state index is 0. The van der Waals surface area contributed by atoms with Crippen LogP contribution in [0.2, 0.25) is 0 Å². The van der Waals surface area contributed by atoms with Crippen LogP contribution >= 0.6 is 24.8 Å². The molecule has 1 aliphatic heterocycles. The molecule has 1 aromatic carbocycles. The fourth-order valence-corrected chi connectivity index (χ4v) is 1.44. The fraction of sp³-hybridized carbons (Fsp3) is 0.400. The van der Waals surface area contributed by atoms with Crippen molar-refractivity contribution in [2.75, 3.05) is 10.6 Å². The number of rotatable bonds is 1. The van der Waals surface area contributed by atoms with Crippen LogP contribution in [0.5, 0.6) is 0 Å². The van der Waals surface area contributed by atoms with Gasteiger partial charge >= 0.3 is 0 Å². The Morgan fingerprint density at radius 2 is 1.43 bits per heavy atom. The second-order valence-corrected chi connectivity index (χ2v) is 3.56. The number of halogens is 2. The summed E-state index contributed by atoms with van der Waals surface area (Å²) in [6, 6.07) is 8.31. The van der Waals surface area contributed by atoms with E-state index in [-0.39, 0.29) is 24.8 Å². The molecule has 1 heterocycles. The highest BCUT2D eigenvalue weighted by atomic mass is 35.5. The highest BCUT2D eigenvalue weighted by Crippen LogP contribution is 2.30. The van der Waals surface area contributed by atoms with Crippen LogP contribution < -0.4 is 10.6 Å². The largest absolute Gasteiger partial charge is 0.363 e. The minimum atomic E-state index is 0. The number of hydrogen-bond acceptors (Lipinski definition) is 2. The first-order valence-electron chi connectivity index (χ1n) is 4.39. The van der Waals surface area contributed by atoms with Crippen molar-refractivity contribution in [2.24, 2.45) is 5.92 Å². The molecule has 0 bridgehead atoms. The summed E-state index contributed by atoms with van der Waals surface area (Å²) in [6.45, 7) is 4.41. The van der Waals surface area contributed by atoms with E-state index in [0.717, 1.165) is 0 Å². The van der Waals surface area contributed by atoms with Crippen molar-refractivity contribution in [3.8, 4) is 0 Å². The van der Waals surface area contributed by atoms with Crippen LogP contribution in [0.4, 0.5) is 11.4 Å². The summed E-state index contributed by atoms with van der Waals surface area (Å²) in [4.78, 5) is 0. The van der Waals surface area contributed by atoms with E-state index >= 15 is 0 Å². The van der Waals surface area contributed by atoms with Crippen LogP contribution in [0.1, 0.15) is 13.8 Å². The molecule has 0 amide bonds. The summed E-state index contributed by atoms with van der Waals surface area (Å²) >= 11 is 0. The Balaban J connectivity index is 0.000000845. The van der Waals surface area contributed by atoms with Crippen molar-refractivity contribution in [3.05, 3.63) is 24.3 Å². The molecule has 2 N–H and O–H groups in total. The van der Waals surface area contributed by atoms with Crippen LogP contribution in [-0.2, 0) is 0 Å². The molecule has 0 saturated carbocycles. The highest BCUT2D eigenvalue weighted by Gasteiger charge is 2.20. The van der Waals surface area contributed by atoms with Crippen molar-refractivity contribution in [1.29, 1.82) is 0 Å². The maximum atomic E-state index is 3.42. The molecule has 0 saturated heterocycles. The summed E-state index contributed by atoms with van der Waals surface area (Å²) in [5, 5.41) is 6.85. The molecule has 0 radical (unpaired) electrons. The van der Waals surface area contributed by atoms with E-state index in [1.54, 1.807) is 0 Å². The van der Waals surface area contributed by atoms with Crippen molar-refractivity contribution >= 4 is 36.2 Å². The predicted molar refractivity (Wildman–Crippen MR) is 66.8 cm³/mol. The molecule has 80 valence electrons. The normalized spacial score (nSPS) is 13.4. The summed E-state index contributed by atoms with van der Waals surface area (Å²) in [5.74, 6) is 0.609. The average molecular weight is 235 g/mol. The molecule has 0 aliphatic carbocycles. The van der Waals surface area contributed by atoms with Gasteiger partial charge in [0.2, 0.25) is 0 Å². The van der Waals surface area contributed by atoms with E-state index in [9.17, 15) is 0 Å². The lowest BCUT2D eigenvalue weighted by Gasteiger charge is -2.15. The molecule has 0 spiro atoms. The van der Waals surface area contributed by atoms with Gasteiger partial charge in [-0.15, -0.1) is 24.8 Å². The first-order chi connectivity index (χ1) is 5.77. The van der Waals surface area contributed by atoms with Gasteiger partial charge in [0.1, 0.15) is 0 Å². The van der Waals surface area contributed by atoms with Gasteiger partial charge < -0.3 is 10.6 Å². The lowest BCUT2D eigenvalue weighted by Crippen LogP contribution is -2.27. The summed E-state index contributed by atoms with van der Waals surface area (Å²) in [5.41, 5.74) is 2.44. The zero-order valence-electron chi connectivity index (χ0n) is 8.28. The van der Waals surface area contributed by atoms with Crippen LogP contribution in [-0.4, -0.2) is 6.17 Å². The van der Waals surface area contributed by atoms with Gasteiger partial charge in [0, 0.05) is 0 Å². The van der Waals surface area contributed by atoms with Crippen molar-refractivity contribution in [1.82, 2.24) is 0 Å². The van der Waals surface area contributed by atoms with Crippen molar-refractivity contribution in [2.45, 2.75) is 20.0 Å². The Hall–Kier alpha value is -0.600. The number of benzene rings is 1. The molecule has 0 aromatic heterocycles. The first kappa shape index (κ1) is 13.4. The Labute approximate surface area is 97.3 Å². The van der Waals surface area contributed by atoms with E-state index in [1.807, 2.05) is 0 Å². The first-order valence-corrected chi connectivity index (χ1v) is 4.39. The third-order valence-corrected chi connectivity index (χ3v) is 2.22. The SMILES string of the molecule is CC(C)C1Nc2ccccc2N1.Cl.Cl. The molecule has 0 fully saturated rings. The number of fused-ring (bicyclic) bond motifs is 1. The number of hydrogen-bond donors (Lipinski definition) is 2. The maximum Gasteiger partial charge on any atom is 0.0988 e. The zero-order valence-corrected chi connectivity index (χ0v) is 9.91. The third-order valence-electron chi connectivity index (χ3n) is 2.22. The van der Waals surface area contributed by atoms with E-state index in [4.69, 9.17) is 0 Å². The van der Waals surface area contributed by atoms with Gasteiger partial charge in [0.25, 0.3) is 0 Å². The molecular formula is C10H16Cl2N2. The highest BCUT2D eigenvalue weighted by molar-refractivity contribution is 5.85. The standard InChI is InChI=1S/C10H14N2.2ClH/c1-7(2)10-11-8-5-3-4-6-9(8)12-10;;/h3-7,10-12H,1-2H3;2*1H. The Morgan fingerprint density at radius 3 is 1.79 bits per heavy atom. The van der Waals surface area contributed by atoms with Gasteiger partial charge in [-0.2, -0.15) is 0 Å². The van der Waals surface area contributed by atoms with Gasteiger partial charge in [0.15, 0.2) is 0 Å². The van der Waals surface area contributed by atoms with Gasteiger partial charge in [-0.3, -0.25) is 0 Å². The quantitative estimate of drug-likeness (QED) is 0.779. The smallest absolute Gasteiger partial charge is 0.0988 e. The topological polar surface area (TPSA) is 24.1 Å². The van der Waals surface area contributed by atoms with Gasteiger partial charge in [-0.25, -0.2) is 0 Å². The lowest BCUT2D eigenvalue weighted by atomic mass is 10.2. The maximum absolute atomic E-state index is 3.42. The van der Waals surface area contributed by atoms with Crippen LogP contribution in [0.3, 0.4) is 0 Å². The second kappa shape index (κ2) is 5.32. The molecular weight excluding hydrogens is 219 g/mol. The number of anilines is 2. The van der Waals surface area contributed by atoms with Crippen LogP contribution in [0.25, 0.3) is 0 Å². The zero-order chi connectivity index (χ0) is 8.55. The molecule has 14 heavy (non-hydrogen) atoms.